The molecule has 13 rings (SSSR count). The molecule has 14 N–H and O–H groups in total. The number of aliphatic hydroxyl groups is 1. The number of alkyl carbamates (subject to hydrolysis) is 1. The smallest absolute Gasteiger partial charge is 0.407 e. The van der Waals surface area contributed by atoms with Crippen molar-refractivity contribution in [3.8, 4) is 5.75 Å². The van der Waals surface area contributed by atoms with Crippen molar-refractivity contribution in [3.05, 3.63) is 156 Å². The Morgan fingerprint density at radius 1 is 0.697 bits per heavy atom. The van der Waals surface area contributed by atoms with E-state index in [0.717, 1.165) is 81.7 Å². The van der Waals surface area contributed by atoms with Gasteiger partial charge in [-0.05, 0) is 220 Å². The van der Waals surface area contributed by atoms with Crippen molar-refractivity contribution < 1.29 is 79.9 Å². The van der Waals surface area contributed by atoms with Gasteiger partial charge in [-0.15, -0.1) is 0 Å². The molecule has 1 aromatic heterocycles. The zero-order valence-corrected chi connectivity index (χ0v) is 78.9. The normalized spacial score (nSPS) is 29.0. The fourth-order valence-electron chi connectivity index (χ4n) is 22.4. The maximum absolute atomic E-state index is 15.8. The Morgan fingerprint density at radius 2 is 1.39 bits per heavy atom. The Hall–Kier alpha value is -10.3. The molecule has 132 heavy (non-hydrogen) atoms. The van der Waals surface area contributed by atoms with E-state index in [4.69, 9.17) is 10.5 Å². The Bertz CT molecular complexity index is 4960. The zero-order chi connectivity index (χ0) is 93.5. The molecule has 31 heteroatoms. The van der Waals surface area contributed by atoms with Crippen LogP contribution in [0.15, 0.2) is 139 Å². The fraction of sp³-hybridized carbons (Fsp3) is 0.594. The van der Waals surface area contributed by atoms with Crippen LogP contribution in [-0.2, 0) is 72.6 Å². The van der Waals surface area contributed by atoms with Crippen molar-refractivity contribution in [2.45, 2.75) is 270 Å². The SMILES string of the molecule is C.CC(C)CCCC(C)C1CCC2C3CC=C4CC(COC(=O)NCCCCC5NC(=O)C(CC6=CNC7C=CC=CC67)NC(=O)C(Cc6ccc(O)cc6)NC(=O)C(NC(=O)C(Cc6ccc7ccccc7c6)NC(=O)C6CCCN6C(=O)C6CCCN6C(=O)c6ccc[n+](C)c6)CSSCC(C(=O)NC(C(N)=O)C(C)O)NC(=O)C(C(C)C)NC5=O)CCC4(C)C3CCC12C.[2HH].[2HH]. The van der Waals surface area contributed by atoms with Crippen molar-refractivity contribution in [3.63, 3.8) is 0 Å². The van der Waals surface area contributed by atoms with Gasteiger partial charge in [0.2, 0.25) is 59.1 Å². The van der Waals surface area contributed by atoms with Gasteiger partial charge in [0.25, 0.3) is 5.91 Å². The molecule has 4 aliphatic heterocycles. The molecule has 21 atom stereocenters. The van der Waals surface area contributed by atoms with Crippen LogP contribution < -0.4 is 63.5 Å². The second-order valence-electron chi connectivity index (χ2n) is 39.5. The number of carbonyl (C=O) groups is 12. The van der Waals surface area contributed by atoms with Crippen LogP contribution in [0, 0.1) is 64.1 Å². The Morgan fingerprint density at radius 3 is 2.13 bits per heavy atom. The highest BCUT2D eigenvalue weighted by Gasteiger charge is 2.60. The summed E-state index contributed by atoms with van der Waals surface area (Å²) in [4.78, 5) is 181. The van der Waals surface area contributed by atoms with Crippen LogP contribution in [0.4, 0.5) is 4.79 Å². The topological polar surface area (TPSA) is 411 Å². The van der Waals surface area contributed by atoms with Crippen molar-refractivity contribution in [2.75, 3.05) is 37.7 Å². The number of hydrogen-bond acceptors (Lipinski definition) is 18. The number of nitrogens with zero attached hydrogens (tertiary/aromatic N) is 3. The second kappa shape index (κ2) is 45.6. The van der Waals surface area contributed by atoms with E-state index in [1.54, 1.807) is 73.2 Å². The zero-order valence-electron chi connectivity index (χ0n) is 77.3. The number of amides is 12. The lowest BCUT2D eigenvalue weighted by Gasteiger charge is -2.58. The summed E-state index contributed by atoms with van der Waals surface area (Å²) in [6, 6.07) is 8.08. The van der Waals surface area contributed by atoms with E-state index in [-0.39, 0.29) is 115 Å². The molecule has 5 heterocycles. The summed E-state index contributed by atoms with van der Waals surface area (Å²) >= 11 is 0. The molecule has 21 unspecified atom stereocenters. The lowest BCUT2D eigenvalue weighted by Crippen LogP contribution is -2.62. The Kier molecular flexibility index (Phi) is 34.8. The van der Waals surface area contributed by atoms with E-state index in [0.29, 0.717) is 71.7 Å². The number of benzene rings is 3. The molecule has 5 aliphatic carbocycles. The minimum absolute atomic E-state index is 0. The highest BCUT2D eigenvalue weighted by Crippen LogP contribution is 2.68. The molecule has 0 spiro atoms. The van der Waals surface area contributed by atoms with Crippen LogP contribution in [0.25, 0.3) is 10.8 Å². The summed E-state index contributed by atoms with van der Waals surface area (Å²) in [6.45, 7) is 17.8. The lowest BCUT2D eigenvalue weighted by molar-refractivity contribution is -0.671. The molecule has 4 aromatic rings. The number of hydrogen-bond donors (Lipinski definition) is 13. The molecular formula is C101H145N14O15S2+. The van der Waals surface area contributed by atoms with Crippen molar-refractivity contribution in [2.24, 2.45) is 76.9 Å². The number of nitrogens with two attached hydrogens (primary N) is 1. The average Bonchev–Trinajstić information content (AvgIpc) is 1.44. The molecule has 6 fully saturated rings. The quantitative estimate of drug-likeness (QED) is 0.0104. The molecule has 29 nitrogen and oxygen atoms in total. The number of rotatable bonds is 29. The van der Waals surface area contributed by atoms with Crippen LogP contribution in [0.3, 0.4) is 0 Å². The third-order valence-corrected chi connectivity index (χ3v) is 32.1. The molecule has 12 amide bonds. The van der Waals surface area contributed by atoms with E-state index in [1.807, 2.05) is 66.8 Å². The van der Waals surface area contributed by atoms with Gasteiger partial charge in [-0.3, -0.25) is 52.7 Å². The average molecular weight is 1860 g/mol. The maximum Gasteiger partial charge on any atom is 0.407 e. The largest absolute Gasteiger partial charge is 0.508 e. The Labute approximate surface area is 788 Å². The van der Waals surface area contributed by atoms with Crippen LogP contribution >= 0.6 is 21.6 Å². The highest BCUT2D eigenvalue weighted by atomic mass is 33.1. The van der Waals surface area contributed by atoms with E-state index in [2.05, 4.69) is 93.9 Å². The Balaban J connectivity index is 0.00000620. The molecule has 9 aliphatic rings. The van der Waals surface area contributed by atoms with Gasteiger partial charge in [0.15, 0.2) is 12.4 Å². The summed E-state index contributed by atoms with van der Waals surface area (Å²) < 4.78 is 7.72. The van der Waals surface area contributed by atoms with Crippen LogP contribution in [0.5, 0.6) is 5.75 Å². The third kappa shape index (κ3) is 24.6. The van der Waals surface area contributed by atoms with Gasteiger partial charge >= 0.3 is 6.09 Å². The molecule has 720 valence electrons. The number of ether oxygens (including phenoxy) is 1. The summed E-state index contributed by atoms with van der Waals surface area (Å²) in [5.74, 6) is -5.94. The number of fused-ring (bicyclic) bond motifs is 7. The molecule has 3 saturated heterocycles. The molecular weight excluding hydrogens is 1710 g/mol. The fourth-order valence-corrected chi connectivity index (χ4v) is 24.7. The summed E-state index contributed by atoms with van der Waals surface area (Å²) in [5.41, 5.74) is 9.87. The number of aliphatic hydroxyl groups excluding tert-OH is 1. The minimum atomic E-state index is -1.65. The third-order valence-electron chi connectivity index (χ3n) is 29.6. The monoisotopic (exact) mass is 1860 g/mol. The summed E-state index contributed by atoms with van der Waals surface area (Å²) in [7, 11) is 3.70. The van der Waals surface area contributed by atoms with Crippen LogP contribution in [0.1, 0.15) is 209 Å². The van der Waals surface area contributed by atoms with Crippen LogP contribution in [0.2, 0.25) is 0 Å². The number of pyridine rings is 1. The van der Waals surface area contributed by atoms with Gasteiger partial charge in [0.05, 0.1) is 18.8 Å². The van der Waals surface area contributed by atoms with Gasteiger partial charge in [-0.1, -0.05) is 187 Å². The lowest BCUT2D eigenvalue weighted by atomic mass is 9.46. The first-order valence-electron chi connectivity index (χ1n) is 47.6. The van der Waals surface area contributed by atoms with Gasteiger partial charge in [0, 0.05) is 58.8 Å². The van der Waals surface area contributed by atoms with Crippen molar-refractivity contribution >= 4 is 103 Å². The molecule has 0 bridgehead atoms. The van der Waals surface area contributed by atoms with E-state index in [1.165, 1.54) is 74.5 Å². The number of aromatic hydroxyl groups is 1. The number of aromatic nitrogens is 1. The molecule has 0 radical (unpaired) electrons. The minimum Gasteiger partial charge on any atom is -0.508 e. The predicted octanol–water partition coefficient (Wildman–Crippen LogP) is 9.92. The number of carbonyl (C=O) groups excluding carboxylic acids is 12. The number of primary amides is 1. The highest BCUT2D eigenvalue weighted by molar-refractivity contribution is 8.76. The van der Waals surface area contributed by atoms with E-state index in [9.17, 15) is 34.2 Å². The first-order valence-corrected chi connectivity index (χ1v) is 50.1. The summed E-state index contributed by atoms with van der Waals surface area (Å²) in [5, 5.41) is 51.9. The molecule has 3 saturated carbocycles. The maximum atomic E-state index is 15.8. The second-order valence-corrected chi connectivity index (χ2v) is 42.0. The standard InChI is InChI=1S/C100H136N14O15S2.CH4.2H2/c1-58(2)20-16-21-60(5)73-38-39-74-72-37-34-69-49-64(40-42-99(69,7)75(72)41-43-100(73,74)8)55-129-98(128)102-44-15-14-27-77-88(118)110-85(59(3)4)95(125)109-82(93(123)111-86(61(6)115)87(101)117)57-131-130-56-81(92(122)105-78(50-62-31-35-70(116)36-32-62)89(119)106-80(91(121)104-77)52-68-53-103-76-26-13-12-25-71(68)76)108-90(120)79(51-63-30-33-65-22-10-11-23-66(65)48-63)107-94(124)83-28-18-46-113(83)97(127)84-29-19-47-114(84)96(126)67-24-17-45-112(9)54-67;;;/h10-13,17,22-26,30-36,45,48,53-54,58-61,64,71-86,103,115H,14-16,18-21,27-29,37-44,46-47,49-52,55-57H2,1-9H3,(H11-,101,102,104,105,106,107,108,109,110,111,116,117,118,119,120,121,122,123,124,125,128);1H4;2*1H/p+1/i;;2*1+1. The van der Waals surface area contributed by atoms with Gasteiger partial charge in [-0.25, -0.2) is 9.36 Å². The van der Waals surface area contributed by atoms with Gasteiger partial charge < -0.3 is 83.7 Å². The van der Waals surface area contributed by atoms with Crippen molar-refractivity contribution in [1.29, 1.82) is 0 Å². The van der Waals surface area contributed by atoms with Crippen molar-refractivity contribution in [1.82, 2.24) is 63.0 Å². The predicted molar refractivity (Wildman–Crippen MR) is 514 cm³/mol. The van der Waals surface area contributed by atoms with Gasteiger partial charge in [0.1, 0.15) is 78.8 Å². The van der Waals surface area contributed by atoms with E-state index < -0.39 is 138 Å². The first-order chi connectivity index (χ1) is 62.7. The number of unbranched alkanes of at least 4 members (excludes halogenated alkanes) is 1. The number of allylic oxidation sites excluding steroid dienone is 4. The number of likely N-dealkylation sites (tertiary alicyclic amines) is 2. The van der Waals surface area contributed by atoms with E-state index >= 15 is 33.6 Å². The molecule has 3 aromatic carbocycles. The first kappa shape index (κ1) is 101. The van der Waals surface area contributed by atoms with Crippen LogP contribution in [-0.4, -0.2) is 201 Å². The number of phenols is 1. The number of phenolic OH excluding ortho intramolecular Hbond substituents is 1. The number of aryl methyl sites for hydroxylation is 1. The van der Waals surface area contributed by atoms with Gasteiger partial charge in [-0.2, -0.15) is 0 Å². The summed E-state index contributed by atoms with van der Waals surface area (Å²) in [6.07, 6.45) is 28.0. The number of nitrogens with one attached hydrogen (secondary N) is 10.